The van der Waals surface area contributed by atoms with Crippen LogP contribution >= 0.6 is 0 Å². The molecule has 82 valence electrons. The molecule has 0 heterocycles. The van der Waals surface area contributed by atoms with Gasteiger partial charge in [-0.2, -0.15) is 0 Å². The van der Waals surface area contributed by atoms with Gasteiger partial charge in [0.15, 0.2) is 5.75 Å². The summed E-state index contributed by atoms with van der Waals surface area (Å²) in [6.45, 7) is 0. The van der Waals surface area contributed by atoms with Gasteiger partial charge in [0.25, 0.3) is 0 Å². The number of halogens is 3. The number of ether oxygens (including phenoxy) is 1. The average molecular weight is 219 g/mol. The predicted octanol–water partition coefficient (Wildman–Crippen LogP) is 2.44. The van der Waals surface area contributed by atoms with Crippen LogP contribution in [0.2, 0.25) is 0 Å². The van der Waals surface area contributed by atoms with Crippen molar-refractivity contribution in [3.63, 3.8) is 0 Å². The molecule has 0 bridgehead atoms. The number of rotatable bonds is 3. The largest absolute Gasteiger partial charge is 0.573 e. The van der Waals surface area contributed by atoms with E-state index in [0.29, 0.717) is 6.29 Å². The monoisotopic (exact) mass is 219 g/mol. The first-order chi connectivity index (χ1) is 6.96. The second-order valence-corrected chi connectivity index (χ2v) is 2.67. The minimum atomic E-state index is -4.74. The van der Waals surface area contributed by atoms with E-state index >= 15 is 0 Å². The molecule has 0 fully saturated rings. The van der Waals surface area contributed by atoms with Crippen LogP contribution in [-0.4, -0.2) is 19.7 Å². The molecule has 6 heteroatoms. The van der Waals surface area contributed by atoms with E-state index in [4.69, 9.17) is 0 Å². The molecule has 0 saturated heterocycles. The Kier molecular flexibility index (Phi) is 3.18. The molecule has 1 rings (SSSR count). The van der Waals surface area contributed by atoms with Gasteiger partial charge in [-0.1, -0.05) is 0 Å². The molecule has 0 aliphatic rings. The van der Waals surface area contributed by atoms with Crippen LogP contribution in [0.5, 0.6) is 5.75 Å². The van der Waals surface area contributed by atoms with E-state index in [1.165, 1.54) is 19.2 Å². The number of carbonyl (C=O) groups excluding carboxylic acids is 1. The van der Waals surface area contributed by atoms with Crippen LogP contribution in [0.1, 0.15) is 10.4 Å². The molecular formula is C9H8F3NO2. The number of aldehydes is 1. The maximum absolute atomic E-state index is 11.9. The first-order valence-corrected chi connectivity index (χ1v) is 3.99. The second kappa shape index (κ2) is 4.20. The Hall–Kier alpha value is -1.72. The molecule has 0 saturated carbocycles. The van der Waals surface area contributed by atoms with Gasteiger partial charge in [0.05, 0.1) is 5.69 Å². The summed E-state index contributed by atoms with van der Waals surface area (Å²) in [6, 6.07) is 3.60. The fraction of sp³-hybridized carbons (Fsp3) is 0.222. The lowest BCUT2D eigenvalue weighted by molar-refractivity contribution is -0.274. The number of hydrogen-bond donors (Lipinski definition) is 1. The Morgan fingerprint density at radius 3 is 2.53 bits per heavy atom. The molecule has 0 aliphatic carbocycles. The van der Waals surface area contributed by atoms with Crippen molar-refractivity contribution < 1.29 is 22.7 Å². The summed E-state index contributed by atoms with van der Waals surface area (Å²) in [7, 11) is 1.44. The molecule has 3 nitrogen and oxygen atoms in total. The average Bonchev–Trinajstić information content (AvgIpc) is 2.16. The van der Waals surface area contributed by atoms with E-state index in [9.17, 15) is 18.0 Å². The summed E-state index contributed by atoms with van der Waals surface area (Å²) in [4.78, 5) is 10.4. The van der Waals surface area contributed by atoms with Gasteiger partial charge in [-0.25, -0.2) is 0 Å². The third-order valence-corrected chi connectivity index (χ3v) is 1.63. The molecule has 1 aromatic rings. The highest BCUT2D eigenvalue weighted by molar-refractivity contribution is 5.78. The lowest BCUT2D eigenvalue weighted by Gasteiger charge is -2.12. The first-order valence-electron chi connectivity index (χ1n) is 3.99. The summed E-state index contributed by atoms with van der Waals surface area (Å²) < 4.78 is 39.5. The van der Waals surface area contributed by atoms with Gasteiger partial charge in [0.2, 0.25) is 0 Å². The molecule has 0 aromatic heterocycles. The van der Waals surface area contributed by atoms with Crippen molar-refractivity contribution >= 4 is 12.0 Å². The minimum Gasteiger partial charge on any atom is -0.404 e. The molecule has 0 amide bonds. The Labute approximate surface area is 83.8 Å². The highest BCUT2D eigenvalue weighted by atomic mass is 19.4. The Balaban J connectivity index is 3.02. The van der Waals surface area contributed by atoms with Crippen molar-refractivity contribution in [2.75, 3.05) is 12.4 Å². The fourth-order valence-electron chi connectivity index (χ4n) is 1.03. The quantitative estimate of drug-likeness (QED) is 0.793. The predicted molar refractivity (Wildman–Crippen MR) is 48.1 cm³/mol. The third kappa shape index (κ3) is 3.16. The minimum absolute atomic E-state index is 0.108. The molecule has 0 spiro atoms. The van der Waals surface area contributed by atoms with Crippen molar-refractivity contribution in [3.8, 4) is 5.75 Å². The molecule has 0 unspecified atom stereocenters. The van der Waals surface area contributed by atoms with Crippen molar-refractivity contribution in [1.29, 1.82) is 0 Å². The van der Waals surface area contributed by atoms with E-state index in [1.807, 2.05) is 0 Å². The molecule has 0 aliphatic heterocycles. The lowest BCUT2D eigenvalue weighted by Crippen LogP contribution is -2.18. The van der Waals surface area contributed by atoms with Crippen molar-refractivity contribution in [2.24, 2.45) is 0 Å². The summed E-state index contributed by atoms with van der Waals surface area (Å²) in [6.07, 6.45) is -4.20. The van der Waals surface area contributed by atoms with Gasteiger partial charge in [-0.15, -0.1) is 13.2 Å². The van der Waals surface area contributed by atoms with Gasteiger partial charge in [0, 0.05) is 12.6 Å². The Morgan fingerprint density at radius 2 is 2.07 bits per heavy atom. The van der Waals surface area contributed by atoms with Crippen molar-refractivity contribution in [1.82, 2.24) is 0 Å². The standard InChI is InChI=1S/C9H8F3NO2/c1-13-7-4-6(5-14)2-3-8(7)15-9(10,11)12/h2-5,13H,1H3. The Bertz CT molecular complexity index is 363. The summed E-state index contributed by atoms with van der Waals surface area (Å²) in [5.74, 6) is -0.365. The van der Waals surface area contributed by atoms with Crippen molar-refractivity contribution in [3.05, 3.63) is 23.8 Å². The fourth-order valence-corrected chi connectivity index (χ4v) is 1.03. The van der Waals surface area contributed by atoms with E-state index in [2.05, 4.69) is 10.1 Å². The maximum Gasteiger partial charge on any atom is 0.573 e. The van der Waals surface area contributed by atoms with Crippen LogP contribution in [0.15, 0.2) is 18.2 Å². The zero-order chi connectivity index (χ0) is 11.5. The molecule has 0 radical (unpaired) electrons. The van der Waals surface area contributed by atoms with E-state index in [1.54, 1.807) is 0 Å². The zero-order valence-electron chi connectivity index (χ0n) is 7.76. The number of anilines is 1. The first kappa shape index (κ1) is 11.4. The molecular weight excluding hydrogens is 211 g/mol. The number of carbonyl (C=O) groups is 1. The van der Waals surface area contributed by atoms with Crippen LogP contribution in [-0.2, 0) is 0 Å². The van der Waals surface area contributed by atoms with Crippen LogP contribution < -0.4 is 10.1 Å². The van der Waals surface area contributed by atoms with E-state index in [0.717, 1.165) is 6.07 Å². The van der Waals surface area contributed by atoms with Crippen LogP contribution in [0.25, 0.3) is 0 Å². The van der Waals surface area contributed by atoms with Crippen LogP contribution in [0.4, 0.5) is 18.9 Å². The zero-order valence-corrected chi connectivity index (χ0v) is 7.76. The molecule has 1 aromatic carbocycles. The van der Waals surface area contributed by atoms with Gasteiger partial charge in [-0.3, -0.25) is 4.79 Å². The topological polar surface area (TPSA) is 38.3 Å². The number of nitrogens with one attached hydrogen (secondary N) is 1. The number of hydrogen-bond acceptors (Lipinski definition) is 3. The second-order valence-electron chi connectivity index (χ2n) is 2.67. The molecule has 0 atom stereocenters. The van der Waals surface area contributed by atoms with Gasteiger partial charge in [0.1, 0.15) is 6.29 Å². The summed E-state index contributed by atoms with van der Waals surface area (Å²) in [5.41, 5.74) is 0.380. The summed E-state index contributed by atoms with van der Waals surface area (Å²) in [5, 5.41) is 2.51. The number of benzene rings is 1. The Morgan fingerprint density at radius 1 is 1.40 bits per heavy atom. The van der Waals surface area contributed by atoms with Crippen molar-refractivity contribution in [2.45, 2.75) is 6.36 Å². The van der Waals surface area contributed by atoms with Crippen LogP contribution in [0, 0.1) is 0 Å². The maximum atomic E-state index is 11.9. The smallest absolute Gasteiger partial charge is 0.404 e. The van der Waals surface area contributed by atoms with E-state index in [-0.39, 0.29) is 17.0 Å². The van der Waals surface area contributed by atoms with Gasteiger partial charge < -0.3 is 10.1 Å². The highest BCUT2D eigenvalue weighted by Crippen LogP contribution is 2.30. The highest BCUT2D eigenvalue weighted by Gasteiger charge is 2.32. The van der Waals surface area contributed by atoms with Crippen LogP contribution in [0.3, 0.4) is 0 Å². The van der Waals surface area contributed by atoms with Gasteiger partial charge >= 0.3 is 6.36 Å². The lowest BCUT2D eigenvalue weighted by atomic mass is 10.2. The summed E-state index contributed by atoms with van der Waals surface area (Å²) >= 11 is 0. The van der Waals surface area contributed by atoms with Gasteiger partial charge in [-0.05, 0) is 18.2 Å². The third-order valence-electron chi connectivity index (χ3n) is 1.63. The molecule has 15 heavy (non-hydrogen) atoms. The molecule has 1 N–H and O–H groups in total. The number of alkyl halides is 3. The van der Waals surface area contributed by atoms with E-state index < -0.39 is 6.36 Å². The SMILES string of the molecule is CNc1cc(C=O)ccc1OC(F)(F)F. The normalized spacial score (nSPS) is 10.9.